The predicted molar refractivity (Wildman–Crippen MR) is 106 cm³/mol. The van der Waals surface area contributed by atoms with E-state index in [-0.39, 0.29) is 11.9 Å². The molecule has 0 aliphatic heterocycles. The quantitative estimate of drug-likeness (QED) is 0.475. The Bertz CT molecular complexity index is 910. The van der Waals surface area contributed by atoms with Crippen molar-refractivity contribution in [2.75, 3.05) is 17.7 Å². The van der Waals surface area contributed by atoms with Crippen molar-refractivity contribution < 1.29 is 14.3 Å². The number of thioether (sulfide) groups is 1. The van der Waals surface area contributed by atoms with Crippen LogP contribution >= 0.6 is 23.1 Å². The highest BCUT2D eigenvalue weighted by Crippen LogP contribution is 2.27. The third-order valence-corrected chi connectivity index (χ3v) is 5.43. The number of anilines is 1. The summed E-state index contributed by atoms with van der Waals surface area (Å²) in [5.41, 5.74) is 1.23. The van der Waals surface area contributed by atoms with Crippen molar-refractivity contribution in [2.45, 2.75) is 18.2 Å². The zero-order valence-corrected chi connectivity index (χ0v) is 15.9. The Hall–Kier alpha value is -2.38. The third-order valence-electron chi connectivity index (χ3n) is 3.49. The minimum Gasteiger partial charge on any atom is -0.462 e. The maximum absolute atomic E-state index is 12.1. The summed E-state index contributed by atoms with van der Waals surface area (Å²) < 4.78 is 5.84. The van der Waals surface area contributed by atoms with Crippen LogP contribution in [-0.2, 0) is 9.53 Å². The molecule has 0 spiro atoms. The summed E-state index contributed by atoms with van der Waals surface area (Å²) in [5, 5.41) is 3.37. The molecule has 134 valence electrons. The number of thiazole rings is 1. The van der Waals surface area contributed by atoms with Crippen LogP contribution in [0.25, 0.3) is 10.2 Å². The van der Waals surface area contributed by atoms with E-state index in [1.807, 2.05) is 30.3 Å². The van der Waals surface area contributed by atoms with E-state index in [1.165, 1.54) is 11.3 Å². The number of hydrogen-bond acceptors (Lipinski definition) is 6. The van der Waals surface area contributed by atoms with E-state index in [2.05, 4.69) is 10.3 Å². The Balaban J connectivity index is 1.58. The van der Waals surface area contributed by atoms with Crippen LogP contribution in [0.2, 0.25) is 0 Å². The average molecular weight is 386 g/mol. The van der Waals surface area contributed by atoms with Gasteiger partial charge < -0.3 is 10.1 Å². The first-order valence-electron chi connectivity index (χ1n) is 8.21. The number of hydrogen-bond donors (Lipinski definition) is 1. The molecule has 0 aliphatic rings. The highest BCUT2D eigenvalue weighted by Gasteiger charge is 2.12. The Labute approximate surface area is 159 Å². The van der Waals surface area contributed by atoms with Crippen molar-refractivity contribution in [3.05, 3.63) is 54.1 Å². The molecule has 0 unspecified atom stereocenters. The number of rotatable bonds is 7. The monoisotopic (exact) mass is 386 g/mol. The summed E-state index contributed by atoms with van der Waals surface area (Å²) in [7, 11) is 0. The lowest BCUT2D eigenvalue weighted by molar-refractivity contribution is -0.115. The van der Waals surface area contributed by atoms with Gasteiger partial charge >= 0.3 is 5.97 Å². The van der Waals surface area contributed by atoms with Gasteiger partial charge in [-0.05, 0) is 37.3 Å². The second-order valence-corrected chi connectivity index (χ2v) is 7.58. The molecule has 0 saturated carbocycles. The minimum absolute atomic E-state index is 0.0712. The van der Waals surface area contributed by atoms with Gasteiger partial charge in [0.1, 0.15) is 0 Å². The van der Waals surface area contributed by atoms with E-state index in [0.29, 0.717) is 29.5 Å². The zero-order valence-electron chi connectivity index (χ0n) is 14.2. The molecule has 1 amide bonds. The largest absolute Gasteiger partial charge is 0.462 e. The molecule has 0 aliphatic carbocycles. The van der Waals surface area contributed by atoms with Crippen molar-refractivity contribution in [1.82, 2.24) is 4.98 Å². The number of nitrogens with one attached hydrogen (secondary N) is 1. The molecule has 1 heterocycles. The molecule has 0 fully saturated rings. The second kappa shape index (κ2) is 8.82. The van der Waals surface area contributed by atoms with Crippen molar-refractivity contribution in [2.24, 2.45) is 0 Å². The molecule has 1 N–H and O–H groups in total. The highest BCUT2D eigenvalue weighted by atomic mass is 32.2. The Morgan fingerprint density at radius 1 is 1.19 bits per heavy atom. The number of fused-ring (bicyclic) bond motifs is 1. The first-order valence-corrected chi connectivity index (χ1v) is 10.0. The number of benzene rings is 2. The molecule has 0 radical (unpaired) electrons. The van der Waals surface area contributed by atoms with Crippen molar-refractivity contribution in [3.63, 3.8) is 0 Å². The summed E-state index contributed by atoms with van der Waals surface area (Å²) in [6.07, 6.45) is 0.406. The molecule has 26 heavy (non-hydrogen) atoms. The topological polar surface area (TPSA) is 68.3 Å². The van der Waals surface area contributed by atoms with E-state index >= 15 is 0 Å². The lowest BCUT2D eigenvalue weighted by Crippen LogP contribution is -2.11. The Kier molecular flexibility index (Phi) is 6.25. The fourth-order valence-electron chi connectivity index (χ4n) is 2.28. The molecule has 0 atom stereocenters. The molecule has 3 rings (SSSR count). The smallest absolute Gasteiger partial charge is 0.338 e. The van der Waals surface area contributed by atoms with E-state index in [1.54, 1.807) is 36.9 Å². The molecule has 5 nitrogen and oxygen atoms in total. The van der Waals surface area contributed by atoms with Crippen LogP contribution in [0.4, 0.5) is 5.13 Å². The second-order valence-electron chi connectivity index (χ2n) is 5.38. The van der Waals surface area contributed by atoms with Crippen LogP contribution < -0.4 is 5.32 Å². The summed E-state index contributed by atoms with van der Waals surface area (Å²) in [5.74, 6) is 0.276. The zero-order chi connectivity index (χ0) is 18.4. The maximum atomic E-state index is 12.1. The van der Waals surface area contributed by atoms with Gasteiger partial charge in [-0.3, -0.25) is 4.79 Å². The molecule has 0 saturated heterocycles. The molecular formula is C19H18N2O3S2. The average Bonchev–Trinajstić information content (AvgIpc) is 3.04. The molecule has 1 aromatic heterocycles. The van der Waals surface area contributed by atoms with Gasteiger partial charge in [-0.15, -0.1) is 11.8 Å². The number of carbonyl (C=O) groups excluding carboxylic acids is 2. The minimum atomic E-state index is -0.355. The number of esters is 1. The lowest BCUT2D eigenvalue weighted by atomic mass is 10.2. The third kappa shape index (κ3) is 4.83. The Morgan fingerprint density at radius 3 is 2.77 bits per heavy atom. The summed E-state index contributed by atoms with van der Waals surface area (Å²) in [6.45, 7) is 2.11. The number of amides is 1. The number of nitrogens with zero attached hydrogens (tertiary/aromatic N) is 1. The molecule has 2 aromatic carbocycles. The fourth-order valence-corrected chi connectivity index (χ4v) is 4.07. The van der Waals surface area contributed by atoms with Crippen LogP contribution in [0.1, 0.15) is 23.7 Å². The van der Waals surface area contributed by atoms with Gasteiger partial charge in [0.25, 0.3) is 0 Å². The van der Waals surface area contributed by atoms with Crippen LogP contribution in [-0.4, -0.2) is 29.2 Å². The molecule has 0 bridgehead atoms. The van der Waals surface area contributed by atoms with Crippen LogP contribution in [0.15, 0.2) is 53.4 Å². The predicted octanol–water partition coefficient (Wildman–Crippen LogP) is 4.59. The summed E-state index contributed by atoms with van der Waals surface area (Å²) in [6, 6.07) is 15.2. The highest BCUT2D eigenvalue weighted by molar-refractivity contribution is 7.99. The first-order chi connectivity index (χ1) is 12.7. The van der Waals surface area contributed by atoms with Gasteiger partial charge in [-0.1, -0.05) is 29.5 Å². The first kappa shape index (κ1) is 18.4. The van der Waals surface area contributed by atoms with Crippen molar-refractivity contribution >= 4 is 50.3 Å². The van der Waals surface area contributed by atoms with E-state index in [9.17, 15) is 9.59 Å². The normalized spacial score (nSPS) is 10.7. The molecular weight excluding hydrogens is 368 g/mol. The Morgan fingerprint density at radius 2 is 2.00 bits per heavy atom. The number of ether oxygens (including phenoxy) is 1. The van der Waals surface area contributed by atoms with Gasteiger partial charge in [-0.2, -0.15) is 0 Å². The maximum Gasteiger partial charge on any atom is 0.338 e. The van der Waals surface area contributed by atoms with Crippen molar-refractivity contribution in [1.29, 1.82) is 0 Å². The van der Waals surface area contributed by atoms with Gasteiger partial charge in [0.15, 0.2) is 5.13 Å². The molecule has 7 heteroatoms. The SMILES string of the molecule is CCOC(=O)c1ccc2nc(NC(=O)CCSc3ccccc3)sc2c1. The van der Waals surface area contributed by atoms with Crippen LogP contribution in [0.3, 0.4) is 0 Å². The number of aromatic nitrogens is 1. The van der Waals surface area contributed by atoms with E-state index in [4.69, 9.17) is 4.74 Å². The fraction of sp³-hybridized carbons (Fsp3) is 0.211. The van der Waals surface area contributed by atoms with Gasteiger partial charge in [-0.25, -0.2) is 9.78 Å². The lowest BCUT2D eigenvalue weighted by Gasteiger charge is -2.02. The van der Waals surface area contributed by atoms with E-state index < -0.39 is 0 Å². The van der Waals surface area contributed by atoms with Crippen molar-refractivity contribution in [3.8, 4) is 0 Å². The van der Waals surface area contributed by atoms with Gasteiger partial charge in [0.05, 0.1) is 22.4 Å². The molecule has 3 aromatic rings. The van der Waals surface area contributed by atoms with E-state index in [0.717, 1.165) is 15.1 Å². The van der Waals surface area contributed by atoms with Crippen LogP contribution in [0, 0.1) is 0 Å². The summed E-state index contributed by atoms with van der Waals surface area (Å²) >= 11 is 2.99. The van der Waals surface area contributed by atoms with Gasteiger partial charge in [0.2, 0.25) is 5.91 Å². The number of carbonyl (C=O) groups is 2. The van der Waals surface area contributed by atoms with Crippen LogP contribution in [0.5, 0.6) is 0 Å². The summed E-state index contributed by atoms with van der Waals surface area (Å²) in [4.78, 5) is 29.4. The van der Waals surface area contributed by atoms with Gasteiger partial charge in [0, 0.05) is 17.1 Å². The standard InChI is InChI=1S/C19H18N2O3S2/c1-2-24-18(23)13-8-9-15-16(12-13)26-19(20-15)21-17(22)10-11-25-14-6-4-3-5-7-14/h3-9,12H,2,10-11H2,1H3,(H,20,21,22).